The normalized spacial score (nSPS) is 12.7. The van der Waals surface area contributed by atoms with E-state index in [0.29, 0.717) is 0 Å². The molecule has 0 saturated heterocycles. The van der Waals surface area contributed by atoms with Crippen LogP contribution >= 0.6 is 0 Å². The van der Waals surface area contributed by atoms with Crippen LogP contribution in [0.4, 0.5) is 0 Å². The molecule has 0 aromatic heterocycles. The number of carbonyl (C=O) groups excluding carboxylic acids is 1. The van der Waals surface area contributed by atoms with Crippen molar-refractivity contribution in [3.8, 4) is 0 Å². The molecule has 7 heteroatoms. The average Bonchev–Trinajstić information content (AvgIpc) is 2.23. The molecule has 0 bridgehead atoms. The summed E-state index contributed by atoms with van der Waals surface area (Å²) in [5.74, 6) is -3.34. The molecule has 0 spiro atoms. The van der Waals surface area contributed by atoms with Gasteiger partial charge in [0.1, 0.15) is 11.7 Å². The Bertz CT molecular complexity index is 336. The first-order valence-corrected chi connectivity index (χ1v) is 4.96. The van der Waals surface area contributed by atoms with Gasteiger partial charge in [0.2, 0.25) is 0 Å². The van der Waals surface area contributed by atoms with E-state index in [-0.39, 0.29) is 12.3 Å². The summed E-state index contributed by atoms with van der Waals surface area (Å²) < 4.78 is 4.67. The third-order valence-corrected chi connectivity index (χ3v) is 1.79. The molecule has 3 N–H and O–H groups in total. The highest BCUT2D eigenvalue weighted by Crippen LogP contribution is 2.00. The standard InChI is InChI=1S/C10H15NO6/c1-3-6(10(16)17-4-2)11-7(9(14)15)5-8(12)13/h3,7,11H,4-5H2,1-2H3,(H,12,13)(H,14,15)/t7-/m0/s1. The Kier molecular flexibility index (Phi) is 6.39. The van der Waals surface area contributed by atoms with E-state index in [2.05, 4.69) is 10.1 Å². The highest BCUT2D eigenvalue weighted by atomic mass is 16.5. The summed E-state index contributed by atoms with van der Waals surface area (Å²) in [6, 6.07) is -1.37. The molecule has 0 fully saturated rings. The second kappa shape index (κ2) is 7.26. The molecule has 0 saturated carbocycles. The number of carbonyl (C=O) groups is 3. The monoisotopic (exact) mass is 245 g/mol. The van der Waals surface area contributed by atoms with E-state index in [0.717, 1.165) is 0 Å². The maximum atomic E-state index is 11.3. The van der Waals surface area contributed by atoms with Gasteiger partial charge in [-0.15, -0.1) is 0 Å². The molecule has 0 unspecified atom stereocenters. The fourth-order valence-electron chi connectivity index (χ4n) is 1.03. The second-order valence-electron chi connectivity index (χ2n) is 3.06. The maximum absolute atomic E-state index is 11.3. The number of aliphatic carboxylic acids is 2. The number of esters is 1. The minimum atomic E-state index is -1.37. The second-order valence-corrected chi connectivity index (χ2v) is 3.06. The minimum absolute atomic E-state index is 0.0690. The quantitative estimate of drug-likeness (QED) is 0.426. The van der Waals surface area contributed by atoms with E-state index < -0.39 is 30.4 Å². The van der Waals surface area contributed by atoms with Crippen molar-refractivity contribution in [3.05, 3.63) is 11.8 Å². The van der Waals surface area contributed by atoms with Crippen molar-refractivity contribution >= 4 is 17.9 Å². The Balaban J connectivity index is 4.67. The smallest absolute Gasteiger partial charge is 0.354 e. The van der Waals surface area contributed by atoms with Crippen LogP contribution in [0.25, 0.3) is 0 Å². The molecule has 0 radical (unpaired) electrons. The fourth-order valence-corrected chi connectivity index (χ4v) is 1.03. The zero-order chi connectivity index (χ0) is 13.4. The first kappa shape index (κ1) is 14.9. The van der Waals surface area contributed by atoms with Crippen molar-refractivity contribution in [1.82, 2.24) is 5.32 Å². The average molecular weight is 245 g/mol. The Morgan fingerprint density at radius 1 is 1.35 bits per heavy atom. The predicted octanol–water partition coefficient (Wildman–Crippen LogP) is -0.0292. The van der Waals surface area contributed by atoms with E-state index in [4.69, 9.17) is 10.2 Å². The van der Waals surface area contributed by atoms with Gasteiger partial charge in [-0.2, -0.15) is 0 Å². The highest BCUT2D eigenvalue weighted by Gasteiger charge is 2.23. The molecule has 7 nitrogen and oxygen atoms in total. The van der Waals surface area contributed by atoms with Gasteiger partial charge in [-0.05, 0) is 13.8 Å². The molecular weight excluding hydrogens is 230 g/mol. The molecule has 0 aromatic carbocycles. The van der Waals surface area contributed by atoms with Crippen molar-refractivity contribution in [3.63, 3.8) is 0 Å². The van der Waals surface area contributed by atoms with Crippen LogP contribution in [0.3, 0.4) is 0 Å². The van der Waals surface area contributed by atoms with Crippen molar-refractivity contribution in [2.45, 2.75) is 26.3 Å². The molecule has 96 valence electrons. The van der Waals surface area contributed by atoms with Gasteiger partial charge in [0, 0.05) is 0 Å². The third-order valence-electron chi connectivity index (χ3n) is 1.79. The summed E-state index contributed by atoms with van der Waals surface area (Å²) in [5.41, 5.74) is -0.0690. The van der Waals surface area contributed by atoms with E-state index >= 15 is 0 Å². The van der Waals surface area contributed by atoms with Gasteiger partial charge in [-0.1, -0.05) is 6.08 Å². The van der Waals surface area contributed by atoms with E-state index in [1.165, 1.54) is 13.0 Å². The van der Waals surface area contributed by atoms with Crippen LogP contribution < -0.4 is 5.32 Å². The van der Waals surface area contributed by atoms with E-state index in [1.54, 1.807) is 6.92 Å². The molecule has 0 aliphatic rings. The number of allylic oxidation sites excluding steroid dienone is 1. The number of carboxylic acid groups (broad SMARTS) is 2. The number of ether oxygens (including phenoxy) is 1. The summed E-state index contributed by atoms with van der Waals surface area (Å²) >= 11 is 0. The molecule has 0 aromatic rings. The maximum Gasteiger partial charge on any atom is 0.354 e. The Hall–Kier alpha value is -2.05. The first-order chi connectivity index (χ1) is 7.92. The lowest BCUT2D eigenvalue weighted by Crippen LogP contribution is -2.40. The summed E-state index contributed by atoms with van der Waals surface area (Å²) in [7, 11) is 0. The molecule has 17 heavy (non-hydrogen) atoms. The van der Waals surface area contributed by atoms with Gasteiger partial charge >= 0.3 is 17.9 Å². The number of rotatable bonds is 7. The summed E-state index contributed by atoms with van der Waals surface area (Å²) in [4.78, 5) is 32.5. The first-order valence-electron chi connectivity index (χ1n) is 4.96. The fraction of sp³-hybridized carbons (Fsp3) is 0.500. The number of carboxylic acids is 2. The van der Waals surface area contributed by atoms with Crippen LogP contribution in [0.15, 0.2) is 11.8 Å². The number of hydrogen-bond acceptors (Lipinski definition) is 5. The largest absolute Gasteiger partial charge is 0.481 e. The molecule has 0 aliphatic carbocycles. The van der Waals surface area contributed by atoms with Gasteiger partial charge in [0.15, 0.2) is 0 Å². The molecule has 0 amide bonds. The summed E-state index contributed by atoms with van der Waals surface area (Å²) in [6.45, 7) is 3.27. The van der Waals surface area contributed by atoms with Crippen molar-refractivity contribution in [1.29, 1.82) is 0 Å². The summed E-state index contributed by atoms with van der Waals surface area (Å²) in [5, 5.41) is 19.6. The Morgan fingerprint density at radius 3 is 2.29 bits per heavy atom. The zero-order valence-electron chi connectivity index (χ0n) is 9.60. The van der Waals surface area contributed by atoms with Crippen LogP contribution in [0, 0.1) is 0 Å². The SMILES string of the molecule is CC=C(N[C@@H](CC(=O)O)C(=O)O)C(=O)OCC. The Morgan fingerprint density at radius 2 is 1.94 bits per heavy atom. The number of nitrogens with one attached hydrogen (secondary N) is 1. The Labute approximate surface area is 98.1 Å². The predicted molar refractivity (Wildman–Crippen MR) is 57.2 cm³/mol. The topological polar surface area (TPSA) is 113 Å². The molecule has 0 aliphatic heterocycles. The lowest BCUT2D eigenvalue weighted by Gasteiger charge is -2.15. The van der Waals surface area contributed by atoms with Crippen LogP contribution in [0.1, 0.15) is 20.3 Å². The van der Waals surface area contributed by atoms with Crippen LogP contribution in [-0.4, -0.2) is 40.8 Å². The van der Waals surface area contributed by atoms with Crippen molar-refractivity contribution in [2.24, 2.45) is 0 Å². The van der Waals surface area contributed by atoms with Crippen LogP contribution in [-0.2, 0) is 19.1 Å². The number of hydrogen-bond donors (Lipinski definition) is 3. The van der Waals surface area contributed by atoms with E-state index in [9.17, 15) is 14.4 Å². The zero-order valence-corrected chi connectivity index (χ0v) is 9.60. The molecule has 0 heterocycles. The van der Waals surface area contributed by atoms with Gasteiger partial charge in [-0.25, -0.2) is 9.59 Å². The lowest BCUT2D eigenvalue weighted by atomic mass is 10.2. The lowest BCUT2D eigenvalue weighted by molar-refractivity contribution is -0.146. The molecule has 0 rings (SSSR count). The highest BCUT2D eigenvalue weighted by molar-refractivity contribution is 5.89. The van der Waals surface area contributed by atoms with Crippen LogP contribution in [0.5, 0.6) is 0 Å². The third kappa shape index (κ3) is 5.55. The van der Waals surface area contributed by atoms with Crippen molar-refractivity contribution < 1.29 is 29.3 Å². The molecular formula is C10H15NO6. The molecule has 1 atom stereocenters. The van der Waals surface area contributed by atoms with Crippen molar-refractivity contribution in [2.75, 3.05) is 6.61 Å². The van der Waals surface area contributed by atoms with Crippen LogP contribution in [0.2, 0.25) is 0 Å². The minimum Gasteiger partial charge on any atom is -0.481 e. The van der Waals surface area contributed by atoms with Gasteiger partial charge in [0.05, 0.1) is 13.0 Å². The summed E-state index contributed by atoms with van der Waals surface area (Å²) in [6.07, 6.45) is 0.696. The van der Waals surface area contributed by atoms with Gasteiger partial charge < -0.3 is 20.3 Å². The van der Waals surface area contributed by atoms with Gasteiger partial charge in [0.25, 0.3) is 0 Å². The van der Waals surface area contributed by atoms with Gasteiger partial charge in [-0.3, -0.25) is 4.79 Å². The van der Waals surface area contributed by atoms with E-state index in [1.807, 2.05) is 0 Å².